The van der Waals surface area contributed by atoms with E-state index in [4.69, 9.17) is 13.7 Å². The van der Waals surface area contributed by atoms with Gasteiger partial charge in [-0.1, -0.05) is 64.7 Å². The molecule has 0 aromatic heterocycles. The summed E-state index contributed by atoms with van der Waals surface area (Å²) in [5.41, 5.74) is 0. The Morgan fingerprint density at radius 2 is 1.30 bits per heavy atom. The number of rotatable bonds is 14. The molecule has 0 saturated heterocycles. The summed E-state index contributed by atoms with van der Waals surface area (Å²) in [5, 5.41) is 0. The fourth-order valence-electron chi connectivity index (χ4n) is 2.47. The van der Waals surface area contributed by atoms with Gasteiger partial charge < -0.3 is 8.92 Å². The lowest BCUT2D eigenvalue weighted by molar-refractivity contribution is 0.304. The average molecular weight is 342 g/mol. The van der Waals surface area contributed by atoms with Crippen molar-refractivity contribution < 1.29 is 13.1 Å². The lowest BCUT2D eigenvalue weighted by Gasteiger charge is -2.07. The zero-order valence-electron chi connectivity index (χ0n) is 14.3. The van der Waals surface area contributed by atoms with Gasteiger partial charge >= 0.3 is 0 Å². The van der Waals surface area contributed by atoms with E-state index < -0.39 is 10.9 Å². The Labute approximate surface area is 142 Å². The molecule has 1 N–H and O–H groups in total. The van der Waals surface area contributed by atoms with Gasteiger partial charge in [0.05, 0.1) is 6.61 Å². The van der Waals surface area contributed by atoms with E-state index >= 15 is 0 Å². The Morgan fingerprint density at radius 1 is 0.826 bits per heavy atom. The molecule has 0 spiro atoms. The van der Waals surface area contributed by atoms with Crippen LogP contribution >= 0.6 is 0 Å². The summed E-state index contributed by atoms with van der Waals surface area (Å²) in [4.78, 5) is 0. The Kier molecular flexibility index (Phi) is 11.4. The predicted octanol–water partition coefficient (Wildman–Crippen LogP) is 5.52. The molecule has 0 aliphatic rings. The predicted molar refractivity (Wildman–Crippen MR) is 96.7 cm³/mol. The zero-order valence-corrected chi connectivity index (χ0v) is 15.2. The van der Waals surface area contributed by atoms with Gasteiger partial charge in [-0.2, -0.15) is 0 Å². The first kappa shape index (κ1) is 19.8. The smallest absolute Gasteiger partial charge is 0.192 e. The van der Waals surface area contributed by atoms with Gasteiger partial charge in [0.15, 0.2) is 10.9 Å². The molecule has 0 aliphatic heterocycles. The van der Waals surface area contributed by atoms with Gasteiger partial charge in [-0.3, -0.25) is 0 Å². The minimum absolute atomic E-state index is 0.437. The van der Waals surface area contributed by atoms with E-state index in [9.17, 15) is 4.21 Å². The Bertz CT molecular complexity index is 464. The average Bonchev–Trinajstić information content (AvgIpc) is 2.53. The van der Waals surface area contributed by atoms with Crippen LogP contribution in [0.5, 0.6) is 11.5 Å². The standard InChI is InChI=1S/C18H31NO3S/c1-2-3-4-5-6-7-8-9-10-11-16-21-17-12-14-18(15-13-17)22-23(19)20/h12-15,19,23H,2-11,16H2,1H3. The number of hydrogen-bond acceptors (Lipinski definition) is 4. The fraction of sp³-hybridized carbons (Fsp3) is 0.667. The van der Waals surface area contributed by atoms with Crippen LogP contribution in [-0.4, -0.2) is 10.8 Å². The molecule has 1 rings (SSSR count). The molecule has 1 aromatic rings. The number of unbranched alkanes of at least 4 members (excludes halogenated alkanes) is 9. The maximum Gasteiger partial charge on any atom is 0.192 e. The molecule has 0 saturated carbocycles. The summed E-state index contributed by atoms with van der Waals surface area (Å²) in [7, 11) is -2.35. The van der Waals surface area contributed by atoms with E-state index in [0.717, 1.165) is 18.8 Å². The van der Waals surface area contributed by atoms with Crippen molar-refractivity contribution in [2.24, 2.45) is 0 Å². The molecular weight excluding hydrogens is 310 g/mol. The fourth-order valence-corrected chi connectivity index (χ4v) is 2.79. The van der Waals surface area contributed by atoms with Crippen molar-refractivity contribution in [2.45, 2.75) is 71.1 Å². The number of benzene rings is 1. The van der Waals surface area contributed by atoms with Gasteiger partial charge in [-0.05, 0) is 30.7 Å². The van der Waals surface area contributed by atoms with E-state index in [-0.39, 0.29) is 0 Å². The van der Waals surface area contributed by atoms with Gasteiger partial charge in [0.1, 0.15) is 11.5 Å². The highest BCUT2D eigenvalue weighted by atomic mass is 32.2. The molecule has 0 amide bonds. The second-order valence-corrected chi connectivity index (χ2v) is 6.55. The monoisotopic (exact) mass is 341 g/mol. The molecule has 0 radical (unpaired) electrons. The minimum atomic E-state index is -2.35. The SMILES string of the molecule is CCCCCCCCCCCCOc1ccc(O[SH](=N)=O)cc1. The van der Waals surface area contributed by atoms with Crippen LogP contribution in [0.3, 0.4) is 0 Å². The van der Waals surface area contributed by atoms with Crippen LogP contribution in [0.1, 0.15) is 71.1 Å². The Hall–Kier alpha value is -1.23. The van der Waals surface area contributed by atoms with Gasteiger partial charge in [0, 0.05) is 0 Å². The topological polar surface area (TPSA) is 59.4 Å². The van der Waals surface area contributed by atoms with Crippen LogP contribution in [0.4, 0.5) is 0 Å². The zero-order chi connectivity index (χ0) is 16.8. The largest absolute Gasteiger partial charge is 0.494 e. The lowest BCUT2D eigenvalue weighted by atomic mass is 10.1. The van der Waals surface area contributed by atoms with Gasteiger partial charge in [0.25, 0.3) is 0 Å². The summed E-state index contributed by atoms with van der Waals surface area (Å²) in [6, 6.07) is 6.92. The van der Waals surface area contributed by atoms with Crippen LogP contribution in [0, 0.1) is 4.78 Å². The first-order chi connectivity index (χ1) is 11.2. The van der Waals surface area contributed by atoms with Gasteiger partial charge in [-0.15, -0.1) is 0 Å². The normalized spacial score (nSPS) is 12.0. The lowest BCUT2D eigenvalue weighted by Crippen LogP contribution is -1.97. The van der Waals surface area contributed by atoms with Gasteiger partial charge in [0.2, 0.25) is 0 Å². The molecule has 1 aromatic carbocycles. The van der Waals surface area contributed by atoms with Crippen LogP contribution in [0.25, 0.3) is 0 Å². The summed E-state index contributed by atoms with van der Waals surface area (Å²) < 4.78 is 28.0. The minimum Gasteiger partial charge on any atom is -0.494 e. The van der Waals surface area contributed by atoms with Crippen LogP contribution < -0.4 is 8.92 Å². The van der Waals surface area contributed by atoms with E-state index in [1.165, 1.54) is 57.8 Å². The number of hydrogen-bond donors (Lipinski definition) is 2. The van der Waals surface area contributed by atoms with Crippen LogP contribution in [-0.2, 0) is 10.9 Å². The molecule has 132 valence electrons. The molecule has 4 nitrogen and oxygen atoms in total. The third-order valence-corrected chi connectivity index (χ3v) is 4.16. The third-order valence-electron chi connectivity index (χ3n) is 3.78. The molecule has 0 fully saturated rings. The van der Waals surface area contributed by atoms with Crippen molar-refractivity contribution >= 4 is 10.9 Å². The van der Waals surface area contributed by atoms with Crippen LogP contribution in [0.15, 0.2) is 24.3 Å². The summed E-state index contributed by atoms with van der Waals surface area (Å²) in [6.07, 6.45) is 13.2. The van der Waals surface area contributed by atoms with Crippen molar-refractivity contribution in [1.82, 2.24) is 0 Å². The highest BCUT2D eigenvalue weighted by Gasteiger charge is 1.97. The van der Waals surface area contributed by atoms with E-state index in [0.29, 0.717) is 5.75 Å². The molecule has 1 unspecified atom stereocenters. The Morgan fingerprint density at radius 3 is 1.83 bits per heavy atom. The van der Waals surface area contributed by atoms with Gasteiger partial charge in [-0.25, -0.2) is 8.99 Å². The van der Waals surface area contributed by atoms with E-state index in [1.807, 2.05) is 0 Å². The van der Waals surface area contributed by atoms with Crippen molar-refractivity contribution in [3.05, 3.63) is 24.3 Å². The molecule has 23 heavy (non-hydrogen) atoms. The van der Waals surface area contributed by atoms with Crippen molar-refractivity contribution in [3.63, 3.8) is 0 Å². The summed E-state index contributed by atoms with van der Waals surface area (Å²) in [5.74, 6) is 1.22. The van der Waals surface area contributed by atoms with Crippen molar-refractivity contribution in [1.29, 1.82) is 4.78 Å². The molecular formula is C18H31NO3S. The van der Waals surface area contributed by atoms with Crippen LogP contribution in [0.2, 0.25) is 0 Å². The Balaban J connectivity index is 1.96. The first-order valence-corrected chi connectivity index (χ1v) is 9.99. The highest BCUT2D eigenvalue weighted by molar-refractivity contribution is 7.68. The number of nitrogens with one attached hydrogen (secondary N) is 1. The molecule has 5 heteroatoms. The second kappa shape index (κ2) is 13.2. The second-order valence-electron chi connectivity index (χ2n) is 5.85. The summed E-state index contributed by atoms with van der Waals surface area (Å²) in [6.45, 7) is 2.98. The highest BCUT2D eigenvalue weighted by Crippen LogP contribution is 2.18. The molecule has 0 heterocycles. The summed E-state index contributed by atoms with van der Waals surface area (Å²) >= 11 is 0. The van der Waals surface area contributed by atoms with E-state index in [1.54, 1.807) is 24.3 Å². The third kappa shape index (κ3) is 11.0. The molecule has 0 bridgehead atoms. The van der Waals surface area contributed by atoms with Crippen molar-refractivity contribution in [3.8, 4) is 11.5 Å². The first-order valence-electron chi connectivity index (χ1n) is 8.81. The number of ether oxygens (including phenoxy) is 1. The maximum atomic E-state index is 10.6. The van der Waals surface area contributed by atoms with E-state index in [2.05, 4.69) is 6.92 Å². The molecule has 0 aliphatic carbocycles. The quantitative estimate of drug-likeness (QED) is 0.346. The maximum absolute atomic E-state index is 10.6. The van der Waals surface area contributed by atoms with Crippen molar-refractivity contribution in [2.75, 3.05) is 6.61 Å². The number of thiol groups is 1. The molecule has 1 atom stereocenters.